The van der Waals surface area contributed by atoms with Crippen LogP contribution < -0.4 is 11.1 Å². The number of carbonyl (C=O) groups is 1. The van der Waals surface area contributed by atoms with Crippen molar-refractivity contribution in [2.75, 3.05) is 17.3 Å². The van der Waals surface area contributed by atoms with Crippen LogP contribution in [0, 0.1) is 5.82 Å². The van der Waals surface area contributed by atoms with Gasteiger partial charge in [-0.3, -0.25) is 4.79 Å². The molecule has 0 radical (unpaired) electrons. The number of nitrogen functional groups attached to an aromatic ring is 1. The van der Waals surface area contributed by atoms with Gasteiger partial charge < -0.3 is 11.1 Å². The number of nitrogens with zero attached hydrogens (tertiary/aromatic N) is 2. The number of amides is 1. The standard InChI is InChI=1S/C18H15Cl2FN4O3S2/c1-29-18-16(30(27,28)12-5-2-10(19)3-6-12)17(22)25(24-18)9-15(26)23-14-7-4-11(21)8-13(14)20/h2-8H,9,22H2,1H3,(H,23,26). The van der Waals surface area contributed by atoms with Gasteiger partial charge in [0.05, 0.1) is 15.6 Å². The Balaban J connectivity index is 1.91. The Morgan fingerprint density at radius 1 is 1.23 bits per heavy atom. The summed E-state index contributed by atoms with van der Waals surface area (Å²) in [5.41, 5.74) is 6.25. The first kappa shape index (κ1) is 22.4. The second-order valence-electron chi connectivity index (χ2n) is 6.01. The molecule has 7 nitrogen and oxygen atoms in total. The third-order valence-corrected chi connectivity index (χ3v) is 7.20. The normalized spacial score (nSPS) is 11.5. The van der Waals surface area contributed by atoms with E-state index in [4.69, 9.17) is 28.9 Å². The number of nitrogens with one attached hydrogen (secondary N) is 1. The number of aromatic nitrogens is 2. The number of benzene rings is 2. The van der Waals surface area contributed by atoms with E-state index in [1.54, 1.807) is 6.26 Å². The van der Waals surface area contributed by atoms with E-state index < -0.39 is 21.6 Å². The van der Waals surface area contributed by atoms with Crippen molar-refractivity contribution in [3.8, 4) is 0 Å². The van der Waals surface area contributed by atoms with Crippen LogP contribution in [0.3, 0.4) is 0 Å². The minimum atomic E-state index is -4.00. The van der Waals surface area contributed by atoms with Crippen LogP contribution in [-0.2, 0) is 21.2 Å². The summed E-state index contributed by atoms with van der Waals surface area (Å²) in [4.78, 5) is 12.2. The van der Waals surface area contributed by atoms with Crippen molar-refractivity contribution in [3.63, 3.8) is 0 Å². The molecule has 0 spiro atoms. The van der Waals surface area contributed by atoms with E-state index in [0.717, 1.165) is 28.6 Å². The maximum atomic E-state index is 13.2. The second kappa shape index (κ2) is 8.84. The van der Waals surface area contributed by atoms with E-state index in [0.29, 0.717) is 5.02 Å². The minimum absolute atomic E-state index is 0.00371. The summed E-state index contributed by atoms with van der Waals surface area (Å²) in [6.45, 7) is -0.372. The summed E-state index contributed by atoms with van der Waals surface area (Å²) in [7, 11) is -4.00. The number of halogens is 3. The highest BCUT2D eigenvalue weighted by Gasteiger charge is 2.29. The van der Waals surface area contributed by atoms with Crippen LogP contribution in [0.1, 0.15) is 0 Å². The summed E-state index contributed by atoms with van der Waals surface area (Å²) in [5, 5.41) is 7.22. The molecular weight excluding hydrogens is 474 g/mol. The van der Waals surface area contributed by atoms with Gasteiger partial charge in [-0.1, -0.05) is 23.2 Å². The van der Waals surface area contributed by atoms with Gasteiger partial charge in [0, 0.05) is 5.02 Å². The van der Waals surface area contributed by atoms with Crippen LogP contribution >= 0.6 is 35.0 Å². The van der Waals surface area contributed by atoms with E-state index in [9.17, 15) is 17.6 Å². The first-order valence-electron chi connectivity index (χ1n) is 8.29. The van der Waals surface area contributed by atoms with Crippen molar-refractivity contribution in [3.05, 3.63) is 58.3 Å². The van der Waals surface area contributed by atoms with Gasteiger partial charge >= 0.3 is 0 Å². The Kier molecular flexibility index (Phi) is 6.61. The van der Waals surface area contributed by atoms with Gasteiger partial charge in [0.2, 0.25) is 15.7 Å². The molecule has 2 aromatic carbocycles. The lowest BCUT2D eigenvalue weighted by molar-refractivity contribution is -0.116. The van der Waals surface area contributed by atoms with E-state index in [-0.39, 0.29) is 37.9 Å². The number of anilines is 2. The predicted octanol–water partition coefficient (Wildman–Crippen LogP) is 4.10. The topological polar surface area (TPSA) is 107 Å². The lowest BCUT2D eigenvalue weighted by atomic mass is 10.3. The highest BCUT2D eigenvalue weighted by atomic mass is 35.5. The first-order valence-corrected chi connectivity index (χ1v) is 11.8. The predicted molar refractivity (Wildman–Crippen MR) is 115 cm³/mol. The number of thioether (sulfide) groups is 1. The molecule has 0 unspecified atom stereocenters. The van der Waals surface area contributed by atoms with Crippen molar-refractivity contribution < 1.29 is 17.6 Å². The van der Waals surface area contributed by atoms with Gasteiger partial charge in [0.1, 0.15) is 28.1 Å². The smallest absolute Gasteiger partial charge is 0.246 e. The van der Waals surface area contributed by atoms with Crippen LogP contribution in [0.4, 0.5) is 15.9 Å². The third-order valence-electron chi connectivity index (χ3n) is 4.00. The zero-order chi connectivity index (χ0) is 22.1. The first-order chi connectivity index (χ1) is 14.1. The average Bonchev–Trinajstić information content (AvgIpc) is 3.00. The van der Waals surface area contributed by atoms with Crippen molar-refractivity contribution in [2.24, 2.45) is 0 Å². The Morgan fingerprint density at radius 3 is 2.50 bits per heavy atom. The molecule has 12 heteroatoms. The molecule has 3 aromatic rings. The molecule has 158 valence electrons. The molecule has 3 N–H and O–H groups in total. The molecule has 0 aliphatic heterocycles. The zero-order valence-corrected chi connectivity index (χ0v) is 18.5. The molecule has 0 atom stereocenters. The van der Waals surface area contributed by atoms with Crippen molar-refractivity contribution in [1.29, 1.82) is 0 Å². The fraction of sp³-hybridized carbons (Fsp3) is 0.111. The number of hydrogen-bond donors (Lipinski definition) is 2. The number of rotatable bonds is 6. The fourth-order valence-electron chi connectivity index (χ4n) is 2.59. The van der Waals surface area contributed by atoms with Crippen LogP contribution in [0.25, 0.3) is 0 Å². The molecule has 0 fully saturated rings. The molecule has 0 saturated heterocycles. The van der Waals surface area contributed by atoms with E-state index >= 15 is 0 Å². The van der Waals surface area contributed by atoms with Gasteiger partial charge in [-0.05, 0) is 48.7 Å². The van der Waals surface area contributed by atoms with Gasteiger partial charge in [-0.15, -0.1) is 11.8 Å². The Bertz CT molecular complexity index is 1210. The van der Waals surface area contributed by atoms with Crippen LogP contribution in [0.2, 0.25) is 10.0 Å². The number of hydrogen-bond acceptors (Lipinski definition) is 6. The van der Waals surface area contributed by atoms with E-state index in [1.807, 2.05) is 0 Å². The largest absolute Gasteiger partial charge is 0.383 e. The molecule has 0 bridgehead atoms. The number of carbonyl (C=O) groups excluding carboxylic acids is 1. The summed E-state index contributed by atoms with van der Waals surface area (Å²) in [5.74, 6) is -1.30. The van der Waals surface area contributed by atoms with Crippen molar-refractivity contribution in [1.82, 2.24) is 9.78 Å². The van der Waals surface area contributed by atoms with Gasteiger partial charge in [-0.2, -0.15) is 5.10 Å². The fourth-order valence-corrected chi connectivity index (χ4v) is 5.36. The molecular formula is C18H15Cl2FN4O3S2. The molecule has 0 saturated carbocycles. The quantitative estimate of drug-likeness (QED) is 0.505. The van der Waals surface area contributed by atoms with Crippen molar-refractivity contribution in [2.45, 2.75) is 21.4 Å². The lowest BCUT2D eigenvalue weighted by Gasteiger charge is -2.09. The SMILES string of the molecule is CSc1nn(CC(=O)Nc2ccc(F)cc2Cl)c(N)c1S(=O)(=O)c1ccc(Cl)cc1. The Labute approximate surface area is 186 Å². The molecule has 1 amide bonds. The van der Waals surface area contributed by atoms with E-state index in [1.165, 1.54) is 30.3 Å². The highest BCUT2D eigenvalue weighted by molar-refractivity contribution is 7.99. The second-order valence-corrected chi connectivity index (χ2v) is 9.54. The Hall–Kier alpha value is -2.27. The molecule has 1 heterocycles. The monoisotopic (exact) mass is 488 g/mol. The average molecular weight is 489 g/mol. The molecule has 0 aliphatic rings. The van der Waals surface area contributed by atoms with E-state index in [2.05, 4.69) is 10.4 Å². The van der Waals surface area contributed by atoms with Gasteiger partial charge in [0.15, 0.2) is 0 Å². The maximum Gasteiger partial charge on any atom is 0.246 e. The highest BCUT2D eigenvalue weighted by Crippen LogP contribution is 2.34. The van der Waals surface area contributed by atoms with Crippen LogP contribution in [0.15, 0.2) is 57.3 Å². The zero-order valence-electron chi connectivity index (χ0n) is 15.4. The molecule has 1 aromatic heterocycles. The maximum absolute atomic E-state index is 13.2. The van der Waals surface area contributed by atoms with Gasteiger partial charge in [-0.25, -0.2) is 17.5 Å². The van der Waals surface area contributed by atoms with Gasteiger partial charge in [0.25, 0.3) is 0 Å². The molecule has 30 heavy (non-hydrogen) atoms. The summed E-state index contributed by atoms with van der Waals surface area (Å²) in [6, 6.07) is 9.14. The van der Waals surface area contributed by atoms with Crippen LogP contribution in [-0.4, -0.2) is 30.4 Å². The number of sulfone groups is 1. The third kappa shape index (κ3) is 4.56. The Morgan fingerprint density at radius 2 is 1.90 bits per heavy atom. The minimum Gasteiger partial charge on any atom is -0.383 e. The van der Waals surface area contributed by atoms with Crippen LogP contribution in [0.5, 0.6) is 0 Å². The lowest BCUT2D eigenvalue weighted by Crippen LogP contribution is -2.21. The van der Waals surface area contributed by atoms with Crippen molar-refractivity contribution >= 4 is 62.2 Å². The molecule has 0 aliphatic carbocycles. The number of nitrogens with two attached hydrogens (primary N) is 1. The molecule has 3 rings (SSSR count). The summed E-state index contributed by atoms with van der Waals surface area (Å²) >= 11 is 12.8. The summed E-state index contributed by atoms with van der Waals surface area (Å²) < 4.78 is 40.4. The summed E-state index contributed by atoms with van der Waals surface area (Å²) in [6.07, 6.45) is 1.64.